The predicted octanol–water partition coefficient (Wildman–Crippen LogP) is 3.73. The number of nitrogens with one attached hydrogen (secondary N) is 2. The highest BCUT2D eigenvalue weighted by Crippen LogP contribution is 2.29. The highest BCUT2D eigenvalue weighted by Gasteiger charge is 2.22. The van der Waals surface area contributed by atoms with E-state index in [0.29, 0.717) is 29.9 Å². The molecule has 0 aromatic heterocycles. The molecule has 0 aromatic carbocycles. The van der Waals surface area contributed by atoms with E-state index in [9.17, 15) is 4.79 Å². The second-order valence-corrected chi connectivity index (χ2v) is 7.78. The molecule has 25 heavy (non-hydrogen) atoms. The zero-order chi connectivity index (χ0) is 18.4. The molecule has 5 nitrogen and oxygen atoms in total. The minimum absolute atomic E-state index is 0.224. The molecule has 0 heterocycles. The highest BCUT2D eigenvalue weighted by atomic mass is 79.9. The smallest absolute Gasteiger partial charge is 0.222 e. The Bertz CT molecular complexity index is 600. The maximum absolute atomic E-state index is 11.7. The molecular weight excluding hydrogens is 382 g/mol. The van der Waals surface area contributed by atoms with E-state index in [0.717, 1.165) is 42.2 Å². The first-order valence-corrected chi connectivity index (χ1v) is 9.58. The van der Waals surface area contributed by atoms with Crippen LogP contribution in [-0.2, 0) is 9.53 Å². The fourth-order valence-corrected chi connectivity index (χ4v) is 3.74. The molecular formula is C19H28BrN3O2. The van der Waals surface area contributed by atoms with E-state index in [2.05, 4.69) is 21.2 Å². The molecule has 1 fully saturated rings. The normalized spacial score (nSPS) is 25.3. The van der Waals surface area contributed by atoms with Gasteiger partial charge in [0, 0.05) is 44.4 Å². The largest absolute Gasteiger partial charge is 0.495 e. The van der Waals surface area contributed by atoms with E-state index >= 15 is 0 Å². The zero-order valence-electron chi connectivity index (χ0n) is 15.3. The number of carbonyl (C=O) groups excluding carboxylic acids is 1. The summed E-state index contributed by atoms with van der Waals surface area (Å²) in [6.07, 6.45) is 11.8. The topological polar surface area (TPSA) is 65.4 Å². The number of nitrogens with zero attached hydrogens (tertiary/aromatic N) is 1. The van der Waals surface area contributed by atoms with Gasteiger partial charge in [-0.3, -0.25) is 4.79 Å². The number of amides is 1. The summed E-state index contributed by atoms with van der Waals surface area (Å²) in [6, 6.07) is 0.445. The van der Waals surface area contributed by atoms with E-state index < -0.39 is 0 Å². The third-order valence-corrected chi connectivity index (χ3v) is 5.53. The van der Waals surface area contributed by atoms with E-state index in [-0.39, 0.29) is 5.91 Å². The minimum atomic E-state index is 0.224. The summed E-state index contributed by atoms with van der Waals surface area (Å²) < 4.78 is 6.07. The van der Waals surface area contributed by atoms with Crippen molar-refractivity contribution in [1.82, 2.24) is 10.2 Å². The average molecular weight is 410 g/mol. The number of hydrogen-bond donors (Lipinski definition) is 2. The van der Waals surface area contributed by atoms with Gasteiger partial charge in [0.15, 0.2) is 0 Å². The maximum atomic E-state index is 11.7. The molecule has 2 N–H and O–H groups in total. The molecule has 0 bridgehead atoms. The molecule has 0 atom stereocenters. The quantitative estimate of drug-likeness (QED) is 0.702. The Balaban J connectivity index is 1.78. The van der Waals surface area contributed by atoms with Crippen molar-refractivity contribution < 1.29 is 9.53 Å². The Kier molecular flexibility index (Phi) is 7.29. The number of halogens is 1. The molecule has 0 aromatic rings. The van der Waals surface area contributed by atoms with E-state index in [4.69, 9.17) is 10.1 Å². The van der Waals surface area contributed by atoms with Gasteiger partial charge in [0.1, 0.15) is 5.76 Å². The Labute approximate surface area is 158 Å². The molecule has 0 aliphatic heterocycles. The highest BCUT2D eigenvalue weighted by molar-refractivity contribution is 9.12. The maximum Gasteiger partial charge on any atom is 0.222 e. The SMILES string of the molecule is COC1=CC(=N)/C(=C\NC2CCC(CCC(=O)N(C)C)CC2)C=C1Br. The average Bonchev–Trinajstić information content (AvgIpc) is 2.60. The molecule has 138 valence electrons. The molecule has 0 unspecified atom stereocenters. The molecule has 0 spiro atoms. The standard InChI is InChI=1S/C19H28BrN3O2/c1-23(2)19(24)9-6-13-4-7-15(8-5-13)22-12-14-10-16(20)18(25-3)11-17(14)21/h10-13,15,21-22H,4-9H2,1-3H3/b14-12-,21-17?. The van der Waals surface area contributed by atoms with Gasteiger partial charge in [-0.25, -0.2) is 0 Å². The van der Waals surface area contributed by atoms with Crippen molar-refractivity contribution in [1.29, 1.82) is 5.41 Å². The Morgan fingerprint density at radius 1 is 1.36 bits per heavy atom. The fourth-order valence-electron chi connectivity index (χ4n) is 3.22. The van der Waals surface area contributed by atoms with Crippen molar-refractivity contribution in [2.45, 2.75) is 44.6 Å². The molecule has 6 heteroatoms. The van der Waals surface area contributed by atoms with Crippen molar-refractivity contribution in [3.8, 4) is 0 Å². The molecule has 2 aliphatic carbocycles. The van der Waals surface area contributed by atoms with Crippen molar-refractivity contribution in [2.24, 2.45) is 5.92 Å². The van der Waals surface area contributed by atoms with E-state index in [1.54, 1.807) is 18.1 Å². The molecule has 1 amide bonds. The number of rotatable bonds is 6. The number of methoxy groups -OCH3 is 1. The van der Waals surface area contributed by atoms with Gasteiger partial charge >= 0.3 is 0 Å². The van der Waals surface area contributed by atoms with Gasteiger partial charge in [0.2, 0.25) is 5.91 Å². The van der Waals surface area contributed by atoms with Gasteiger partial charge in [-0.2, -0.15) is 0 Å². The first-order chi connectivity index (χ1) is 11.9. The summed E-state index contributed by atoms with van der Waals surface area (Å²) in [5.74, 6) is 1.56. The number of hydrogen-bond acceptors (Lipinski definition) is 4. The van der Waals surface area contributed by atoms with E-state index in [1.807, 2.05) is 26.4 Å². The van der Waals surface area contributed by atoms with Crippen LogP contribution in [0.25, 0.3) is 0 Å². The minimum Gasteiger partial charge on any atom is -0.495 e. The molecule has 1 saturated carbocycles. The molecule has 2 aliphatic rings. The lowest BCUT2D eigenvalue weighted by molar-refractivity contribution is -0.129. The monoisotopic (exact) mass is 409 g/mol. The van der Waals surface area contributed by atoms with Crippen molar-refractivity contribution in [2.75, 3.05) is 21.2 Å². The summed E-state index contributed by atoms with van der Waals surface area (Å²) in [5.41, 5.74) is 1.30. The Hall–Kier alpha value is -1.56. The number of allylic oxidation sites excluding steroid dienone is 4. The van der Waals surface area contributed by atoms with Crippen molar-refractivity contribution >= 4 is 27.5 Å². The second-order valence-electron chi connectivity index (χ2n) is 6.93. The third kappa shape index (κ3) is 5.73. The molecule has 0 saturated heterocycles. The van der Waals surface area contributed by atoms with Gasteiger partial charge in [0.05, 0.1) is 17.3 Å². The lowest BCUT2D eigenvalue weighted by Crippen LogP contribution is -2.31. The first kappa shape index (κ1) is 19.8. The van der Waals surface area contributed by atoms with Crippen LogP contribution in [-0.4, -0.2) is 43.8 Å². The van der Waals surface area contributed by atoms with Crippen LogP contribution >= 0.6 is 15.9 Å². The van der Waals surface area contributed by atoms with Gasteiger partial charge in [-0.1, -0.05) is 0 Å². The van der Waals surface area contributed by atoms with Crippen LogP contribution in [0.4, 0.5) is 0 Å². The molecule has 2 rings (SSSR count). The summed E-state index contributed by atoms with van der Waals surface area (Å²) in [6.45, 7) is 0. The summed E-state index contributed by atoms with van der Waals surface area (Å²) in [4.78, 5) is 13.4. The molecule has 0 radical (unpaired) electrons. The van der Waals surface area contributed by atoms with Gasteiger partial charge < -0.3 is 20.4 Å². The van der Waals surface area contributed by atoms with Crippen molar-refractivity contribution in [3.05, 3.63) is 34.2 Å². The van der Waals surface area contributed by atoms with Crippen molar-refractivity contribution in [3.63, 3.8) is 0 Å². The van der Waals surface area contributed by atoms with Crippen LogP contribution in [0.1, 0.15) is 38.5 Å². The van der Waals surface area contributed by atoms with Crippen LogP contribution in [0.2, 0.25) is 0 Å². The predicted molar refractivity (Wildman–Crippen MR) is 105 cm³/mol. The van der Waals surface area contributed by atoms with Crippen LogP contribution in [0.5, 0.6) is 0 Å². The first-order valence-electron chi connectivity index (χ1n) is 8.79. The van der Waals surface area contributed by atoms with E-state index in [1.165, 1.54) is 0 Å². The summed E-state index contributed by atoms with van der Waals surface area (Å²) in [7, 11) is 5.24. The van der Waals surface area contributed by atoms with Gasteiger partial charge in [0.25, 0.3) is 0 Å². The Morgan fingerprint density at radius 3 is 2.64 bits per heavy atom. The fraction of sp³-hybridized carbons (Fsp3) is 0.579. The lowest BCUT2D eigenvalue weighted by Gasteiger charge is -2.29. The van der Waals surface area contributed by atoms with Gasteiger partial charge in [-0.05, 0) is 60.0 Å². The van der Waals surface area contributed by atoms with Crippen LogP contribution in [0.15, 0.2) is 34.2 Å². The van der Waals surface area contributed by atoms with Crippen LogP contribution in [0, 0.1) is 11.3 Å². The van der Waals surface area contributed by atoms with Gasteiger partial charge in [-0.15, -0.1) is 0 Å². The number of ether oxygens (including phenoxy) is 1. The Morgan fingerprint density at radius 2 is 2.04 bits per heavy atom. The number of carbonyl (C=O) groups is 1. The summed E-state index contributed by atoms with van der Waals surface area (Å²) >= 11 is 3.47. The second kappa shape index (κ2) is 9.22. The van der Waals surface area contributed by atoms with Crippen LogP contribution < -0.4 is 5.32 Å². The third-order valence-electron chi connectivity index (χ3n) is 4.91. The zero-order valence-corrected chi connectivity index (χ0v) is 16.9. The lowest BCUT2D eigenvalue weighted by atomic mass is 9.83. The van der Waals surface area contributed by atoms with Crippen LogP contribution in [0.3, 0.4) is 0 Å². The summed E-state index contributed by atoms with van der Waals surface area (Å²) in [5, 5.41) is 11.5.